The van der Waals surface area contributed by atoms with E-state index in [9.17, 15) is 13.6 Å². The van der Waals surface area contributed by atoms with Crippen LogP contribution in [0.4, 0.5) is 8.78 Å². The zero-order valence-corrected chi connectivity index (χ0v) is 11.5. The third-order valence-electron chi connectivity index (χ3n) is 2.46. The second kappa shape index (κ2) is 5.12. The van der Waals surface area contributed by atoms with Crippen molar-refractivity contribution in [2.45, 2.75) is 20.0 Å². The number of aryl methyl sites for hydroxylation is 1. The molecule has 0 bridgehead atoms. The van der Waals surface area contributed by atoms with Crippen molar-refractivity contribution in [3.63, 3.8) is 0 Å². The standard InChI is InChI=1S/C10H9F2IN4O/c1-6-15-4-7(13)9(18)17(6)5-8-14-2-3-16(8)10(11)12/h2-4,10H,5H2,1H3. The van der Waals surface area contributed by atoms with Crippen molar-refractivity contribution in [2.24, 2.45) is 0 Å². The predicted molar refractivity (Wildman–Crippen MR) is 68.5 cm³/mol. The largest absolute Gasteiger partial charge is 0.319 e. The summed E-state index contributed by atoms with van der Waals surface area (Å²) in [4.78, 5) is 19.8. The van der Waals surface area contributed by atoms with Crippen molar-refractivity contribution in [1.29, 1.82) is 0 Å². The quantitative estimate of drug-likeness (QED) is 0.779. The molecular weight excluding hydrogens is 357 g/mol. The lowest BCUT2D eigenvalue weighted by Crippen LogP contribution is -2.27. The molecule has 0 saturated heterocycles. The lowest BCUT2D eigenvalue weighted by molar-refractivity contribution is 0.0666. The molecule has 0 aliphatic rings. The van der Waals surface area contributed by atoms with Crippen molar-refractivity contribution in [1.82, 2.24) is 19.1 Å². The summed E-state index contributed by atoms with van der Waals surface area (Å²) < 4.78 is 27.8. The molecule has 0 radical (unpaired) electrons. The number of rotatable bonds is 3. The van der Waals surface area contributed by atoms with Gasteiger partial charge in [0.15, 0.2) is 0 Å². The highest BCUT2D eigenvalue weighted by Crippen LogP contribution is 2.13. The molecule has 0 N–H and O–H groups in total. The summed E-state index contributed by atoms with van der Waals surface area (Å²) >= 11 is 1.86. The van der Waals surface area contributed by atoms with Gasteiger partial charge in [0.25, 0.3) is 5.56 Å². The smallest absolute Gasteiger partial charge is 0.288 e. The fraction of sp³-hybridized carbons (Fsp3) is 0.300. The molecule has 96 valence electrons. The maximum atomic E-state index is 12.7. The fourth-order valence-corrected chi connectivity index (χ4v) is 1.95. The van der Waals surface area contributed by atoms with Crippen LogP contribution in [0, 0.1) is 10.5 Å². The van der Waals surface area contributed by atoms with Crippen LogP contribution in [0.1, 0.15) is 18.2 Å². The van der Waals surface area contributed by atoms with E-state index in [0.717, 1.165) is 4.57 Å². The second-order valence-corrected chi connectivity index (χ2v) is 4.74. The Morgan fingerprint density at radius 1 is 1.44 bits per heavy atom. The van der Waals surface area contributed by atoms with Crippen LogP contribution in [0.2, 0.25) is 0 Å². The molecule has 18 heavy (non-hydrogen) atoms. The molecule has 0 unspecified atom stereocenters. The van der Waals surface area contributed by atoms with Crippen molar-refractivity contribution >= 4 is 22.6 Å². The van der Waals surface area contributed by atoms with Gasteiger partial charge in [0, 0.05) is 18.6 Å². The number of nitrogens with zero attached hydrogens (tertiary/aromatic N) is 4. The van der Waals surface area contributed by atoms with E-state index < -0.39 is 6.55 Å². The van der Waals surface area contributed by atoms with Crippen LogP contribution in [0.15, 0.2) is 23.4 Å². The third-order valence-corrected chi connectivity index (χ3v) is 3.20. The first-order valence-electron chi connectivity index (χ1n) is 5.02. The molecular formula is C10H9F2IN4O. The summed E-state index contributed by atoms with van der Waals surface area (Å²) in [6.45, 7) is -1.05. The van der Waals surface area contributed by atoms with E-state index >= 15 is 0 Å². The zero-order chi connectivity index (χ0) is 13.3. The lowest BCUT2D eigenvalue weighted by Gasteiger charge is -2.10. The third kappa shape index (κ3) is 2.42. The van der Waals surface area contributed by atoms with Gasteiger partial charge in [-0.3, -0.25) is 13.9 Å². The first-order chi connectivity index (χ1) is 8.50. The Kier molecular flexibility index (Phi) is 3.73. The number of aromatic nitrogens is 4. The summed E-state index contributed by atoms with van der Waals surface area (Å²) in [5.41, 5.74) is -0.257. The molecule has 2 heterocycles. The van der Waals surface area contributed by atoms with Crippen LogP contribution < -0.4 is 5.56 Å². The molecule has 0 aliphatic carbocycles. The highest BCUT2D eigenvalue weighted by atomic mass is 127. The average Bonchev–Trinajstić information content (AvgIpc) is 2.78. The average molecular weight is 366 g/mol. The van der Waals surface area contributed by atoms with Crippen molar-refractivity contribution < 1.29 is 8.78 Å². The molecule has 2 rings (SSSR count). The minimum Gasteiger partial charge on any atom is -0.288 e. The van der Waals surface area contributed by atoms with Gasteiger partial charge in [0.1, 0.15) is 11.6 Å². The van der Waals surface area contributed by atoms with E-state index in [1.807, 2.05) is 22.6 Å². The van der Waals surface area contributed by atoms with Gasteiger partial charge in [-0.15, -0.1) is 0 Å². The molecule has 0 fully saturated rings. The van der Waals surface area contributed by atoms with Crippen LogP contribution in [0.5, 0.6) is 0 Å². The van der Waals surface area contributed by atoms with Gasteiger partial charge in [-0.2, -0.15) is 8.78 Å². The molecule has 0 aromatic carbocycles. The second-order valence-electron chi connectivity index (χ2n) is 3.57. The van der Waals surface area contributed by atoms with Gasteiger partial charge in [0.05, 0.1) is 10.1 Å². The topological polar surface area (TPSA) is 52.7 Å². The monoisotopic (exact) mass is 366 g/mol. The summed E-state index contributed by atoms with van der Waals surface area (Å²) in [6, 6.07) is 0. The van der Waals surface area contributed by atoms with E-state index in [2.05, 4.69) is 9.97 Å². The molecule has 0 atom stereocenters. The van der Waals surface area contributed by atoms with Gasteiger partial charge in [-0.1, -0.05) is 0 Å². The van der Waals surface area contributed by atoms with E-state index in [-0.39, 0.29) is 17.9 Å². The summed E-state index contributed by atoms with van der Waals surface area (Å²) in [5.74, 6) is 0.586. The minimum absolute atomic E-state index is 0.0220. The number of hydrogen-bond donors (Lipinski definition) is 0. The Bertz CT molecular complexity index is 623. The summed E-state index contributed by atoms with van der Waals surface area (Å²) in [5, 5.41) is 0. The van der Waals surface area contributed by atoms with Gasteiger partial charge in [-0.05, 0) is 29.5 Å². The Hall–Kier alpha value is -1.32. The number of alkyl halides is 2. The van der Waals surface area contributed by atoms with Gasteiger partial charge >= 0.3 is 6.55 Å². The first kappa shape index (κ1) is 13.1. The van der Waals surface area contributed by atoms with E-state index in [0.29, 0.717) is 9.39 Å². The molecule has 0 amide bonds. The SMILES string of the molecule is Cc1ncc(I)c(=O)n1Cc1nccn1C(F)F. The maximum Gasteiger partial charge on any atom is 0.319 e. The van der Waals surface area contributed by atoms with Crippen LogP contribution in [-0.4, -0.2) is 19.1 Å². The van der Waals surface area contributed by atoms with E-state index in [1.165, 1.54) is 23.2 Å². The summed E-state index contributed by atoms with van der Waals surface area (Å²) in [7, 11) is 0. The molecule has 2 aromatic heterocycles. The van der Waals surface area contributed by atoms with Crippen molar-refractivity contribution in [3.8, 4) is 0 Å². The number of imidazole rings is 1. The molecule has 8 heteroatoms. The molecule has 0 spiro atoms. The first-order valence-corrected chi connectivity index (χ1v) is 6.10. The Morgan fingerprint density at radius 3 is 2.83 bits per heavy atom. The van der Waals surface area contributed by atoms with Gasteiger partial charge < -0.3 is 0 Å². The van der Waals surface area contributed by atoms with Crippen LogP contribution in [0.25, 0.3) is 0 Å². The number of hydrogen-bond acceptors (Lipinski definition) is 3. The fourth-order valence-electron chi connectivity index (χ4n) is 1.52. The predicted octanol–water partition coefficient (Wildman–Crippen LogP) is 1.80. The normalized spacial score (nSPS) is 11.2. The Labute approximate surface area is 115 Å². The zero-order valence-electron chi connectivity index (χ0n) is 9.35. The highest BCUT2D eigenvalue weighted by molar-refractivity contribution is 14.1. The highest BCUT2D eigenvalue weighted by Gasteiger charge is 2.14. The number of halogens is 3. The van der Waals surface area contributed by atoms with Crippen molar-refractivity contribution in [2.75, 3.05) is 0 Å². The van der Waals surface area contributed by atoms with Crippen LogP contribution in [0.3, 0.4) is 0 Å². The van der Waals surface area contributed by atoms with E-state index in [1.54, 1.807) is 6.92 Å². The van der Waals surface area contributed by atoms with Crippen LogP contribution in [-0.2, 0) is 6.54 Å². The molecule has 2 aromatic rings. The molecule has 5 nitrogen and oxygen atoms in total. The lowest BCUT2D eigenvalue weighted by atomic mass is 10.5. The van der Waals surface area contributed by atoms with Crippen LogP contribution >= 0.6 is 22.6 Å². The Morgan fingerprint density at radius 2 is 2.17 bits per heavy atom. The minimum atomic E-state index is -2.67. The Balaban J connectivity index is 2.43. The van der Waals surface area contributed by atoms with Gasteiger partial charge in [0.2, 0.25) is 0 Å². The summed E-state index contributed by atoms with van der Waals surface area (Å²) in [6.07, 6.45) is 3.92. The van der Waals surface area contributed by atoms with Crippen molar-refractivity contribution in [3.05, 3.63) is 44.2 Å². The molecule has 0 aliphatic heterocycles. The molecule has 0 saturated carbocycles. The van der Waals surface area contributed by atoms with E-state index in [4.69, 9.17) is 0 Å². The van der Waals surface area contributed by atoms with Gasteiger partial charge in [-0.25, -0.2) is 9.97 Å². The maximum absolute atomic E-state index is 12.7.